The fraction of sp³-hybridized carbons (Fsp3) is 0.321. The molecule has 1 amide bonds. The summed E-state index contributed by atoms with van der Waals surface area (Å²) in [5.41, 5.74) is 11.0. The predicted molar refractivity (Wildman–Crippen MR) is 131 cm³/mol. The lowest BCUT2D eigenvalue weighted by atomic mass is 10.0. The van der Waals surface area contributed by atoms with E-state index in [9.17, 15) is 4.79 Å². The lowest BCUT2D eigenvalue weighted by molar-refractivity contribution is -0.122. The molecular weight excluding hydrogens is 394 g/mol. The van der Waals surface area contributed by atoms with Gasteiger partial charge in [-0.15, -0.1) is 0 Å². The van der Waals surface area contributed by atoms with Gasteiger partial charge in [0.1, 0.15) is 0 Å². The Labute approximate surface area is 191 Å². The SMILES string of the molecule is N[C@@H](CCCCNC1CC1c1ccccc1)C(=O)NCc1ccc(-c2ccccc2)cc1. The second-order valence-corrected chi connectivity index (χ2v) is 8.70. The van der Waals surface area contributed by atoms with Crippen molar-refractivity contribution in [3.05, 3.63) is 96.1 Å². The fourth-order valence-electron chi connectivity index (χ4n) is 4.16. The van der Waals surface area contributed by atoms with Gasteiger partial charge < -0.3 is 16.4 Å². The van der Waals surface area contributed by atoms with Crippen LogP contribution in [-0.2, 0) is 11.3 Å². The van der Waals surface area contributed by atoms with Crippen molar-refractivity contribution in [1.29, 1.82) is 0 Å². The Morgan fingerprint density at radius 1 is 0.875 bits per heavy atom. The first-order valence-corrected chi connectivity index (χ1v) is 11.7. The maximum atomic E-state index is 12.3. The lowest BCUT2D eigenvalue weighted by Gasteiger charge is -2.13. The molecule has 1 aliphatic rings. The molecule has 166 valence electrons. The fourth-order valence-corrected chi connectivity index (χ4v) is 4.16. The number of carbonyl (C=O) groups is 1. The largest absolute Gasteiger partial charge is 0.351 e. The first kappa shape index (κ1) is 22.3. The molecule has 0 spiro atoms. The lowest BCUT2D eigenvalue weighted by Crippen LogP contribution is -2.40. The summed E-state index contributed by atoms with van der Waals surface area (Å²) in [7, 11) is 0. The molecule has 0 aliphatic heterocycles. The number of unbranched alkanes of at least 4 members (excludes halogenated alkanes) is 1. The van der Waals surface area contributed by atoms with Gasteiger partial charge in [-0.2, -0.15) is 0 Å². The number of carbonyl (C=O) groups excluding carboxylic acids is 1. The Hall–Kier alpha value is -2.95. The van der Waals surface area contributed by atoms with E-state index in [1.165, 1.54) is 23.1 Å². The Morgan fingerprint density at radius 3 is 2.25 bits per heavy atom. The minimum Gasteiger partial charge on any atom is -0.351 e. The number of hydrogen-bond acceptors (Lipinski definition) is 3. The molecular formula is C28H33N3O. The van der Waals surface area contributed by atoms with Gasteiger partial charge in [0.05, 0.1) is 6.04 Å². The Kier molecular flexibility index (Phi) is 7.70. The van der Waals surface area contributed by atoms with E-state index in [2.05, 4.69) is 77.4 Å². The first-order chi connectivity index (χ1) is 15.7. The molecule has 0 bridgehead atoms. The van der Waals surface area contributed by atoms with Gasteiger partial charge in [-0.1, -0.05) is 91.3 Å². The van der Waals surface area contributed by atoms with Crippen LogP contribution >= 0.6 is 0 Å². The highest BCUT2D eigenvalue weighted by Gasteiger charge is 2.37. The van der Waals surface area contributed by atoms with Crippen LogP contribution in [0.3, 0.4) is 0 Å². The zero-order valence-corrected chi connectivity index (χ0v) is 18.5. The molecule has 0 heterocycles. The first-order valence-electron chi connectivity index (χ1n) is 11.7. The topological polar surface area (TPSA) is 67.1 Å². The second-order valence-electron chi connectivity index (χ2n) is 8.70. The van der Waals surface area contributed by atoms with E-state index in [-0.39, 0.29) is 5.91 Å². The van der Waals surface area contributed by atoms with Crippen LogP contribution in [0.2, 0.25) is 0 Å². The summed E-state index contributed by atoms with van der Waals surface area (Å²) in [6.07, 6.45) is 3.93. The van der Waals surface area contributed by atoms with Gasteiger partial charge in [-0.05, 0) is 48.1 Å². The molecule has 32 heavy (non-hydrogen) atoms. The van der Waals surface area contributed by atoms with Crippen LogP contribution in [0, 0.1) is 0 Å². The third kappa shape index (κ3) is 6.28. The third-order valence-corrected chi connectivity index (χ3v) is 6.23. The van der Waals surface area contributed by atoms with Crippen LogP contribution in [0.15, 0.2) is 84.9 Å². The minimum absolute atomic E-state index is 0.0728. The number of nitrogens with two attached hydrogens (primary N) is 1. The number of amides is 1. The minimum atomic E-state index is -0.448. The molecule has 0 saturated heterocycles. The van der Waals surface area contributed by atoms with Crippen molar-refractivity contribution in [2.45, 2.75) is 50.2 Å². The normalized spacial score (nSPS) is 18.2. The zero-order valence-electron chi connectivity index (χ0n) is 18.5. The van der Waals surface area contributed by atoms with E-state index in [1.54, 1.807) is 0 Å². The van der Waals surface area contributed by atoms with Gasteiger partial charge >= 0.3 is 0 Å². The number of hydrogen-bond donors (Lipinski definition) is 3. The highest BCUT2D eigenvalue weighted by Crippen LogP contribution is 2.40. The van der Waals surface area contributed by atoms with Crippen LogP contribution in [0.25, 0.3) is 11.1 Å². The zero-order chi connectivity index (χ0) is 22.2. The maximum absolute atomic E-state index is 12.3. The smallest absolute Gasteiger partial charge is 0.237 e. The van der Waals surface area contributed by atoms with E-state index in [4.69, 9.17) is 5.73 Å². The highest BCUT2D eigenvalue weighted by atomic mass is 16.2. The molecule has 0 aromatic heterocycles. The molecule has 4 rings (SSSR count). The van der Waals surface area contributed by atoms with E-state index in [0.717, 1.165) is 24.9 Å². The summed E-state index contributed by atoms with van der Waals surface area (Å²) in [5, 5.41) is 6.60. The van der Waals surface area contributed by atoms with Gasteiger partial charge in [0.2, 0.25) is 5.91 Å². The molecule has 0 radical (unpaired) electrons. The van der Waals surface area contributed by atoms with Gasteiger partial charge in [0.15, 0.2) is 0 Å². The van der Waals surface area contributed by atoms with Gasteiger partial charge in [-0.25, -0.2) is 0 Å². The summed E-state index contributed by atoms with van der Waals surface area (Å²) < 4.78 is 0. The highest BCUT2D eigenvalue weighted by molar-refractivity contribution is 5.81. The summed E-state index contributed by atoms with van der Waals surface area (Å²) >= 11 is 0. The summed E-state index contributed by atoms with van der Waals surface area (Å²) in [6, 6.07) is 29.4. The van der Waals surface area contributed by atoms with Crippen molar-refractivity contribution in [3.63, 3.8) is 0 Å². The number of rotatable bonds is 11. The second kappa shape index (κ2) is 11.1. The monoisotopic (exact) mass is 427 g/mol. The molecule has 4 N–H and O–H groups in total. The van der Waals surface area contributed by atoms with Crippen molar-refractivity contribution in [2.24, 2.45) is 5.73 Å². The van der Waals surface area contributed by atoms with Gasteiger partial charge in [0, 0.05) is 18.5 Å². The molecule has 3 atom stereocenters. The van der Waals surface area contributed by atoms with Crippen molar-refractivity contribution >= 4 is 5.91 Å². The van der Waals surface area contributed by atoms with Crippen molar-refractivity contribution in [1.82, 2.24) is 10.6 Å². The average Bonchev–Trinajstić information content (AvgIpc) is 3.63. The Bertz CT molecular complexity index is 973. The molecule has 1 fully saturated rings. The Morgan fingerprint density at radius 2 is 1.53 bits per heavy atom. The number of benzene rings is 3. The molecule has 4 heteroatoms. The molecule has 2 unspecified atom stereocenters. The van der Waals surface area contributed by atoms with E-state index in [1.807, 2.05) is 18.2 Å². The summed E-state index contributed by atoms with van der Waals surface area (Å²) in [5.74, 6) is 0.586. The quantitative estimate of drug-likeness (QED) is 0.391. The maximum Gasteiger partial charge on any atom is 0.237 e. The van der Waals surface area contributed by atoms with Crippen LogP contribution in [0.5, 0.6) is 0 Å². The molecule has 1 aliphatic carbocycles. The van der Waals surface area contributed by atoms with Gasteiger partial charge in [-0.3, -0.25) is 4.79 Å². The van der Waals surface area contributed by atoms with E-state index >= 15 is 0 Å². The number of nitrogens with one attached hydrogen (secondary N) is 2. The predicted octanol–water partition coefficient (Wildman–Crippen LogP) is 4.61. The third-order valence-electron chi connectivity index (χ3n) is 6.23. The Balaban J connectivity index is 1.09. The average molecular weight is 428 g/mol. The van der Waals surface area contributed by atoms with Crippen LogP contribution in [0.4, 0.5) is 0 Å². The summed E-state index contributed by atoms with van der Waals surface area (Å²) in [4.78, 5) is 12.3. The molecule has 3 aromatic rings. The van der Waals surface area contributed by atoms with Crippen LogP contribution in [-0.4, -0.2) is 24.5 Å². The molecule has 4 nitrogen and oxygen atoms in total. The van der Waals surface area contributed by atoms with E-state index < -0.39 is 6.04 Å². The molecule has 1 saturated carbocycles. The van der Waals surface area contributed by atoms with Crippen molar-refractivity contribution < 1.29 is 4.79 Å². The molecule has 3 aromatic carbocycles. The van der Waals surface area contributed by atoms with Crippen LogP contribution in [0.1, 0.15) is 42.7 Å². The van der Waals surface area contributed by atoms with Crippen molar-refractivity contribution in [2.75, 3.05) is 6.54 Å². The van der Waals surface area contributed by atoms with E-state index in [0.29, 0.717) is 24.9 Å². The van der Waals surface area contributed by atoms with Gasteiger partial charge in [0.25, 0.3) is 0 Å². The van der Waals surface area contributed by atoms with Crippen molar-refractivity contribution in [3.8, 4) is 11.1 Å². The van der Waals surface area contributed by atoms with Crippen LogP contribution < -0.4 is 16.4 Å². The standard InChI is InChI=1S/C28H33N3O/c29-26(13-7-8-18-30-27-19-25(27)24-11-5-2-6-12-24)28(32)31-20-21-14-16-23(17-15-21)22-9-3-1-4-10-22/h1-6,9-12,14-17,25-27,30H,7-8,13,18-20,29H2,(H,31,32)/t25?,26-,27?/m0/s1. The summed E-state index contributed by atoms with van der Waals surface area (Å²) in [6.45, 7) is 1.49.